The highest BCUT2D eigenvalue weighted by atomic mass is 19.1. The molecule has 2 bridgehead atoms. The average molecular weight is 219 g/mol. The van der Waals surface area contributed by atoms with Crippen LogP contribution in [0.2, 0.25) is 0 Å². The third-order valence-electron chi connectivity index (χ3n) is 4.10. The summed E-state index contributed by atoms with van der Waals surface area (Å²) in [5.41, 5.74) is 1.06. The van der Waals surface area contributed by atoms with Crippen LogP contribution in [0.25, 0.3) is 0 Å². The number of hydrogen-bond donors (Lipinski definition) is 1. The summed E-state index contributed by atoms with van der Waals surface area (Å²) in [7, 11) is 0. The van der Waals surface area contributed by atoms with E-state index in [-0.39, 0.29) is 5.82 Å². The molecule has 2 fully saturated rings. The van der Waals surface area contributed by atoms with Gasteiger partial charge in [0, 0.05) is 11.7 Å². The lowest BCUT2D eigenvalue weighted by Gasteiger charge is -2.29. The normalized spacial score (nSPS) is 32.7. The van der Waals surface area contributed by atoms with Crippen LogP contribution in [-0.2, 0) is 0 Å². The van der Waals surface area contributed by atoms with E-state index in [0.717, 1.165) is 17.5 Å². The van der Waals surface area contributed by atoms with Crippen LogP contribution in [0.1, 0.15) is 32.1 Å². The first-order valence-electron chi connectivity index (χ1n) is 6.32. The molecule has 0 aromatic heterocycles. The van der Waals surface area contributed by atoms with Crippen LogP contribution in [0.4, 0.5) is 10.1 Å². The highest BCUT2D eigenvalue weighted by molar-refractivity contribution is 5.43. The van der Waals surface area contributed by atoms with Gasteiger partial charge in [-0.3, -0.25) is 0 Å². The van der Waals surface area contributed by atoms with E-state index in [1.165, 1.54) is 44.2 Å². The van der Waals surface area contributed by atoms with Gasteiger partial charge in [-0.05, 0) is 55.4 Å². The fourth-order valence-corrected chi connectivity index (χ4v) is 3.41. The number of nitrogens with one attached hydrogen (secondary N) is 1. The van der Waals surface area contributed by atoms with E-state index >= 15 is 0 Å². The van der Waals surface area contributed by atoms with E-state index in [2.05, 4.69) is 5.32 Å². The summed E-state index contributed by atoms with van der Waals surface area (Å²) in [4.78, 5) is 0. The largest absolute Gasteiger partial charge is 0.382 e. The highest BCUT2D eigenvalue weighted by Gasteiger charge is 2.33. The van der Waals surface area contributed by atoms with Gasteiger partial charge >= 0.3 is 0 Å². The molecule has 2 unspecified atom stereocenters. The second kappa shape index (κ2) is 4.08. The minimum atomic E-state index is -0.158. The van der Waals surface area contributed by atoms with E-state index in [1.54, 1.807) is 0 Å². The van der Waals surface area contributed by atoms with Crippen LogP contribution in [0.5, 0.6) is 0 Å². The average Bonchev–Trinajstić information content (AvgIpc) is 2.62. The Balaban J connectivity index is 1.64. The van der Waals surface area contributed by atoms with Gasteiger partial charge in [0.15, 0.2) is 0 Å². The Hall–Kier alpha value is -1.05. The Kier molecular flexibility index (Phi) is 2.58. The molecular weight excluding hydrogens is 201 g/mol. The zero-order chi connectivity index (χ0) is 11.0. The number of hydrogen-bond acceptors (Lipinski definition) is 1. The Morgan fingerprint density at radius 2 is 1.56 bits per heavy atom. The zero-order valence-corrected chi connectivity index (χ0v) is 9.45. The Labute approximate surface area is 96.1 Å². The molecule has 1 aromatic rings. The first kappa shape index (κ1) is 10.1. The van der Waals surface area contributed by atoms with Crippen molar-refractivity contribution in [2.75, 3.05) is 5.32 Å². The molecule has 0 amide bonds. The van der Waals surface area contributed by atoms with Crippen molar-refractivity contribution in [2.45, 2.75) is 38.1 Å². The molecule has 1 nitrogen and oxygen atoms in total. The van der Waals surface area contributed by atoms with Crippen molar-refractivity contribution >= 4 is 5.69 Å². The van der Waals surface area contributed by atoms with Gasteiger partial charge in [-0.25, -0.2) is 4.39 Å². The quantitative estimate of drug-likeness (QED) is 0.797. The third kappa shape index (κ3) is 2.06. The van der Waals surface area contributed by atoms with Crippen LogP contribution in [0.15, 0.2) is 24.3 Å². The molecule has 2 aliphatic rings. The van der Waals surface area contributed by atoms with Crippen molar-refractivity contribution < 1.29 is 4.39 Å². The molecule has 16 heavy (non-hydrogen) atoms. The minimum absolute atomic E-state index is 0.158. The van der Waals surface area contributed by atoms with Gasteiger partial charge in [0.25, 0.3) is 0 Å². The Bertz CT molecular complexity index is 348. The third-order valence-corrected chi connectivity index (χ3v) is 4.10. The molecule has 0 radical (unpaired) electrons. The highest BCUT2D eigenvalue weighted by Crippen LogP contribution is 2.42. The summed E-state index contributed by atoms with van der Waals surface area (Å²) in [6, 6.07) is 7.34. The molecule has 1 aromatic carbocycles. The van der Waals surface area contributed by atoms with Crippen LogP contribution < -0.4 is 5.32 Å². The van der Waals surface area contributed by atoms with E-state index in [1.807, 2.05) is 12.1 Å². The molecule has 2 heteroatoms. The lowest BCUT2D eigenvalue weighted by atomic mass is 9.85. The molecule has 2 saturated carbocycles. The van der Waals surface area contributed by atoms with Gasteiger partial charge < -0.3 is 5.32 Å². The molecule has 2 aliphatic carbocycles. The SMILES string of the molecule is Fc1ccc(NC2CC3CCC(C3)C2)cc1. The fraction of sp³-hybridized carbons (Fsp3) is 0.571. The smallest absolute Gasteiger partial charge is 0.123 e. The van der Waals surface area contributed by atoms with E-state index in [9.17, 15) is 4.39 Å². The number of fused-ring (bicyclic) bond motifs is 2. The zero-order valence-electron chi connectivity index (χ0n) is 9.45. The summed E-state index contributed by atoms with van der Waals surface area (Å²) in [5, 5.41) is 3.54. The van der Waals surface area contributed by atoms with Crippen molar-refractivity contribution in [1.82, 2.24) is 0 Å². The molecule has 3 rings (SSSR count). The molecular formula is C14H18FN. The summed E-state index contributed by atoms with van der Waals surface area (Å²) in [5.74, 6) is 1.72. The van der Waals surface area contributed by atoms with E-state index in [4.69, 9.17) is 0 Å². The van der Waals surface area contributed by atoms with Crippen LogP contribution in [0.3, 0.4) is 0 Å². The second-order valence-corrected chi connectivity index (χ2v) is 5.36. The van der Waals surface area contributed by atoms with E-state index < -0.39 is 0 Å². The minimum Gasteiger partial charge on any atom is -0.382 e. The second-order valence-electron chi connectivity index (χ2n) is 5.36. The summed E-state index contributed by atoms with van der Waals surface area (Å²) in [6.45, 7) is 0. The van der Waals surface area contributed by atoms with Crippen LogP contribution in [0, 0.1) is 17.7 Å². The number of halogens is 1. The molecule has 0 aliphatic heterocycles. The van der Waals surface area contributed by atoms with Gasteiger partial charge in [-0.2, -0.15) is 0 Å². The van der Waals surface area contributed by atoms with Crippen molar-refractivity contribution in [3.05, 3.63) is 30.1 Å². The molecule has 0 saturated heterocycles. The van der Waals surface area contributed by atoms with Gasteiger partial charge in [0.2, 0.25) is 0 Å². The molecule has 0 spiro atoms. The van der Waals surface area contributed by atoms with Crippen LogP contribution in [-0.4, -0.2) is 6.04 Å². The topological polar surface area (TPSA) is 12.0 Å². The van der Waals surface area contributed by atoms with Gasteiger partial charge in [0.1, 0.15) is 5.82 Å². The number of benzene rings is 1. The fourth-order valence-electron chi connectivity index (χ4n) is 3.41. The number of anilines is 1. The van der Waals surface area contributed by atoms with Crippen molar-refractivity contribution in [2.24, 2.45) is 11.8 Å². The summed E-state index contributed by atoms with van der Waals surface area (Å²) >= 11 is 0. The molecule has 2 atom stereocenters. The standard InChI is InChI=1S/C14H18FN/c15-12-3-5-13(6-4-12)16-14-8-10-1-2-11(7-10)9-14/h3-6,10-11,14,16H,1-2,7-9H2. The summed E-state index contributed by atoms with van der Waals surface area (Å²) < 4.78 is 12.8. The first-order valence-corrected chi connectivity index (χ1v) is 6.32. The van der Waals surface area contributed by atoms with E-state index in [0.29, 0.717) is 6.04 Å². The predicted octanol–water partition coefficient (Wildman–Crippen LogP) is 3.82. The Morgan fingerprint density at radius 1 is 0.938 bits per heavy atom. The first-order chi connectivity index (χ1) is 7.79. The van der Waals surface area contributed by atoms with Gasteiger partial charge in [-0.1, -0.05) is 12.8 Å². The molecule has 1 N–H and O–H groups in total. The van der Waals surface area contributed by atoms with Gasteiger partial charge in [0.05, 0.1) is 0 Å². The lowest BCUT2D eigenvalue weighted by molar-refractivity contribution is 0.334. The maximum absolute atomic E-state index is 12.8. The Morgan fingerprint density at radius 3 is 2.19 bits per heavy atom. The maximum atomic E-state index is 12.8. The number of rotatable bonds is 2. The summed E-state index contributed by atoms with van der Waals surface area (Å²) in [6.07, 6.45) is 6.89. The monoisotopic (exact) mass is 219 g/mol. The van der Waals surface area contributed by atoms with Crippen molar-refractivity contribution in [3.63, 3.8) is 0 Å². The predicted molar refractivity (Wildman–Crippen MR) is 63.9 cm³/mol. The molecule has 86 valence electrons. The van der Waals surface area contributed by atoms with Gasteiger partial charge in [-0.15, -0.1) is 0 Å². The van der Waals surface area contributed by atoms with Crippen LogP contribution >= 0.6 is 0 Å². The lowest BCUT2D eigenvalue weighted by Crippen LogP contribution is -2.27. The van der Waals surface area contributed by atoms with Crippen molar-refractivity contribution in [1.29, 1.82) is 0 Å². The maximum Gasteiger partial charge on any atom is 0.123 e. The van der Waals surface area contributed by atoms with Crippen molar-refractivity contribution in [3.8, 4) is 0 Å². The molecule has 0 heterocycles.